The summed E-state index contributed by atoms with van der Waals surface area (Å²) in [7, 11) is 2.98. The van der Waals surface area contributed by atoms with Crippen LogP contribution in [0.2, 0.25) is 0 Å². The van der Waals surface area contributed by atoms with Gasteiger partial charge in [-0.1, -0.05) is 12.1 Å². The van der Waals surface area contributed by atoms with Crippen LogP contribution in [0.1, 0.15) is 41.9 Å². The number of alkyl carbamates (subject to hydrolysis) is 1. The predicted molar refractivity (Wildman–Crippen MR) is 144 cm³/mol. The Kier molecular flexibility index (Phi) is 7.40. The van der Waals surface area contributed by atoms with Crippen molar-refractivity contribution < 1.29 is 19.1 Å². The summed E-state index contributed by atoms with van der Waals surface area (Å²) in [5, 5.41) is 12.6. The molecule has 0 spiro atoms. The second-order valence-corrected chi connectivity index (χ2v) is 9.91. The molecule has 12 heteroatoms. The third kappa shape index (κ3) is 5.40. The Labute approximate surface area is 223 Å². The zero-order chi connectivity index (χ0) is 26.6. The lowest BCUT2D eigenvalue weighted by Gasteiger charge is -2.32. The fourth-order valence-corrected chi connectivity index (χ4v) is 5.24. The van der Waals surface area contributed by atoms with E-state index in [1.165, 1.54) is 18.4 Å². The maximum absolute atomic E-state index is 13.6. The van der Waals surface area contributed by atoms with Gasteiger partial charge in [0, 0.05) is 42.8 Å². The molecule has 0 saturated carbocycles. The lowest BCUT2D eigenvalue weighted by atomic mass is 10.0. The molecule has 0 unspecified atom stereocenters. The number of piperidine rings is 1. The summed E-state index contributed by atoms with van der Waals surface area (Å²) >= 11 is 1.53. The minimum absolute atomic E-state index is 0.0328. The quantitative estimate of drug-likeness (QED) is 0.364. The predicted octanol–water partition coefficient (Wildman–Crippen LogP) is 4.00. The third-order valence-corrected chi connectivity index (χ3v) is 7.48. The summed E-state index contributed by atoms with van der Waals surface area (Å²) in [5.74, 6) is 1.57. The van der Waals surface area contributed by atoms with Gasteiger partial charge in [0.05, 0.1) is 26.0 Å². The van der Waals surface area contributed by atoms with E-state index in [9.17, 15) is 9.59 Å². The zero-order valence-electron chi connectivity index (χ0n) is 21.4. The number of hydrogen-bond donors (Lipinski definition) is 2. The second-order valence-electron chi connectivity index (χ2n) is 9.01. The van der Waals surface area contributed by atoms with Crippen LogP contribution in [-0.2, 0) is 4.74 Å². The average Bonchev–Trinajstić information content (AvgIpc) is 3.57. The number of nitrogens with zero attached hydrogens (tertiary/aromatic N) is 5. The van der Waals surface area contributed by atoms with Crippen LogP contribution in [0, 0.1) is 0 Å². The van der Waals surface area contributed by atoms with Crippen LogP contribution in [0.15, 0.2) is 48.1 Å². The van der Waals surface area contributed by atoms with E-state index in [1.54, 1.807) is 28.8 Å². The second kappa shape index (κ2) is 11.1. The van der Waals surface area contributed by atoms with Crippen LogP contribution in [0.25, 0.3) is 16.2 Å². The van der Waals surface area contributed by atoms with Crippen LogP contribution in [0.3, 0.4) is 0 Å². The topological polar surface area (TPSA) is 123 Å². The van der Waals surface area contributed by atoms with Gasteiger partial charge in [0.2, 0.25) is 0 Å². The number of aromatic nitrogens is 4. The van der Waals surface area contributed by atoms with Crippen LogP contribution in [-0.4, -0.2) is 69.8 Å². The molecule has 1 fully saturated rings. The number of benzene rings is 1. The fourth-order valence-electron chi connectivity index (χ4n) is 4.44. The Hall–Kier alpha value is -4.19. The lowest BCUT2D eigenvalue weighted by molar-refractivity contribution is 0.0698. The summed E-state index contributed by atoms with van der Waals surface area (Å²) in [6.45, 7) is 3.03. The molecule has 1 atom stereocenters. The van der Waals surface area contributed by atoms with E-state index in [0.717, 1.165) is 21.7 Å². The SMILES string of the molecule is COC(=O)NC1CCN(C(=O)c2cc(N[C@H](C)c3ccc(OC)cc3)nc(-c3cnn4ccsc34)n2)CC1. The van der Waals surface area contributed by atoms with Gasteiger partial charge in [-0.05, 0) is 37.5 Å². The lowest BCUT2D eigenvalue weighted by Crippen LogP contribution is -2.46. The molecule has 1 aliphatic heterocycles. The Morgan fingerprint density at radius 1 is 1.13 bits per heavy atom. The van der Waals surface area contributed by atoms with Crippen LogP contribution < -0.4 is 15.4 Å². The van der Waals surface area contributed by atoms with Crippen molar-refractivity contribution >= 4 is 34.0 Å². The molecule has 3 aromatic heterocycles. The first kappa shape index (κ1) is 25.5. The van der Waals surface area contributed by atoms with E-state index in [-0.39, 0.29) is 18.0 Å². The standard InChI is InChI=1S/C26H29N7O4S/c1-16(17-4-6-19(36-2)7-5-17)28-22-14-21(24(34)32-10-8-18(9-11-32)29-26(35)37-3)30-23(31-22)20-15-27-33-12-13-38-25(20)33/h4-7,12-16,18H,8-11H2,1-3H3,(H,29,35)(H,28,30,31)/t16-/m1/s1. The van der Waals surface area contributed by atoms with Crippen molar-refractivity contribution in [2.75, 3.05) is 32.6 Å². The number of hydrogen-bond acceptors (Lipinski definition) is 9. The number of anilines is 1. The molecule has 0 bridgehead atoms. The molecule has 0 aliphatic carbocycles. The maximum atomic E-state index is 13.6. The Balaban J connectivity index is 1.41. The van der Waals surface area contributed by atoms with E-state index in [2.05, 4.69) is 20.7 Å². The number of carbonyl (C=O) groups is 2. The van der Waals surface area contributed by atoms with E-state index in [4.69, 9.17) is 14.5 Å². The zero-order valence-corrected chi connectivity index (χ0v) is 22.2. The normalized spacial score (nSPS) is 14.8. The van der Waals surface area contributed by atoms with Gasteiger partial charge < -0.3 is 25.0 Å². The average molecular weight is 536 g/mol. The number of ether oxygens (including phenoxy) is 2. The molecule has 1 aromatic carbocycles. The van der Waals surface area contributed by atoms with Gasteiger partial charge in [0.25, 0.3) is 5.91 Å². The number of amides is 2. The first-order chi connectivity index (χ1) is 18.4. The fraction of sp³-hybridized carbons (Fsp3) is 0.346. The highest BCUT2D eigenvalue weighted by Crippen LogP contribution is 2.28. The molecule has 5 rings (SSSR count). The minimum atomic E-state index is -0.460. The summed E-state index contributed by atoms with van der Waals surface area (Å²) in [6.07, 6.45) is 4.40. The minimum Gasteiger partial charge on any atom is -0.497 e. The molecule has 1 saturated heterocycles. The highest BCUT2D eigenvalue weighted by molar-refractivity contribution is 7.16. The van der Waals surface area contributed by atoms with Gasteiger partial charge in [-0.2, -0.15) is 5.10 Å². The molecule has 1 aliphatic rings. The third-order valence-electron chi connectivity index (χ3n) is 6.59. The number of carbonyl (C=O) groups excluding carboxylic acids is 2. The molecule has 38 heavy (non-hydrogen) atoms. The van der Waals surface area contributed by atoms with Gasteiger partial charge in [0.15, 0.2) is 5.82 Å². The number of nitrogens with one attached hydrogen (secondary N) is 2. The van der Waals surface area contributed by atoms with Crippen LogP contribution >= 0.6 is 11.3 Å². The van der Waals surface area contributed by atoms with Crippen molar-refractivity contribution in [1.82, 2.24) is 29.8 Å². The molecular weight excluding hydrogens is 506 g/mol. The number of thiazole rings is 1. The van der Waals surface area contributed by atoms with E-state index < -0.39 is 6.09 Å². The molecule has 4 aromatic rings. The molecule has 198 valence electrons. The first-order valence-electron chi connectivity index (χ1n) is 12.3. The molecular formula is C26H29N7O4S. The van der Waals surface area contributed by atoms with E-state index in [1.807, 2.05) is 42.8 Å². The highest BCUT2D eigenvalue weighted by atomic mass is 32.1. The van der Waals surface area contributed by atoms with Gasteiger partial charge in [-0.3, -0.25) is 4.79 Å². The Bertz CT molecular complexity index is 1430. The number of likely N-dealkylation sites (tertiary alicyclic amines) is 1. The van der Waals surface area contributed by atoms with E-state index in [0.29, 0.717) is 43.3 Å². The highest BCUT2D eigenvalue weighted by Gasteiger charge is 2.27. The summed E-state index contributed by atoms with van der Waals surface area (Å²) in [6, 6.07) is 9.38. The molecule has 11 nitrogen and oxygen atoms in total. The van der Waals surface area contributed by atoms with Crippen LogP contribution in [0.4, 0.5) is 10.6 Å². The smallest absolute Gasteiger partial charge is 0.407 e. The molecule has 0 radical (unpaired) electrons. The summed E-state index contributed by atoms with van der Waals surface area (Å²) in [4.78, 5) is 37.2. The monoisotopic (exact) mass is 535 g/mol. The van der Waals surface area contributed by atoms with Gasteiger partial charge in [-0.25, -0.2) is 19.3 Å². The molecule has 2 N–H and O–H groups in total. The van der Waals surface area contributed by atoms with Crippen molar-refractivity contribution in [3.63, 3.8) is 0 Å². The van der Waals surface area contributed by atoms with Crippen LogP contribution in [0.5, 0.6) is 5.75 Å². The van der Waals surface area contributed by atoms with Crippen molar-refractivity contribution in [2.45, 2.75) is 31.8 Å². The maximum Gasteiger partial charge on any atom is 0.407 e. The number of fused-ring (bicyclic) bond motifs is 1. The van der Waals surface area contributed by atoms with Gasteiger partial charge in [-0.15, -0.1) is 11.3 Å². The van der Waals surface area contributed by atoms with Crippen molar-refractivity contribution in [2.24, 2.45) is 0 Å². The van der Waals surface area contributed by atoms with Crippen molar-refractivity contribution in [1.29, 1.82) is 0 Å². The summed E-state index contributed by atoms with van der Waals surface area (Å²) in [5.41, 5.74) is 2.11. The van der Waals surface area contributed by atoms with Gasteiger partial charge >= 0.3 is 6.09 Å². The summed E-state index contributed by atoms with van der Waals surface area (Å²) < 4.78 is 11.7. The first-order valence-corrected chi connectivity index (χ1v) is 13.2. The Morgan fingerprint density at radius 3 is 2.61 bits per heavy atom. The van der Waals surface area contributed by atoms with Crippen molar-refractivity contribution in [3.05, 3.63) is 59.4 Å². The van der Waals surface area contributed by atoms with Gasteiger partial charge in [0.1, 0.15) is 22.1 Å². The molecule has 4 heterocycles. The number of methoxy groups -OCH3 is 2. The van der Waals surface area contributed by atoms with E-state index >= 15 is 0 Å². The Morgan fingerprint density at radius 2 is 1.89 bits per heavy atom. The van der Waals surface area contributed by atoms with Crippen molar-refractivity contribution in [3.8, 4) is 17.1 Å². The molecule has 2 amide bonds. The number of rotatable bonds is 7. The largest absolute Gasteiger partial charge is 0.497 e.